The van der Waals surface area contributed by atoms with Gasteiger partial charge in [-0.1, -0.05) is 52.8 Å². The van der Waals surface area contributed by atoms with Gasteiger partial charge in [0.05, 0.1) is 25.9 Å². The summed E-state index contributed by atoms with van der Waals surface area (Å²) in [6, 6.07) is 6.17. The molecule has 2 heterocycles. The van der Waals surface area contributed by atoms with Crippen molar-refractivity contribution in [3.63, 3.8) is 0 Å². The number of likely N-dealkylation sites (N-methyl/N-ethyl adjacent to an activating group) is 2. The summed E-state index contributed by atoms with van der Waals surface area (Å²) in [4.78, 5) is 4.45. The maximum absolute atomic E-state index is 10.4. The molecule has 1 aromatic carbocycles. The van der Waals surface area contributed by atoms with E-state index in [0.29, 0.717) is 0 Å². The SMILES string of the molecule is CC.CC.CO.COc1ccc2c(c1)N(C)C(CO)C2(C)C1C(C(C)O)C=CCN1C. The lowest BCUT2D eigenvalue weighted by Crippen LogP contribution is -2.61. The van der Waals surface area contributed by atoms with Crippen molar-refractivity contribution < 1.29 is 20.1 Å². The molecule has 1 aromatic rings. The monoisotopic (exact) mass is 438 g/mol. The van der Waals surface area contributed by atoms with E-state index >= 15 is 0 Å². The highest BCUT2D eigenvalue weighted by Crippen LogP contribution is 2.51. The molecule has 0 amide bonds. The number of ether oxygens (including phenoxy) is 1. The number of anilines is 1. The first-order valence-electron chi connectivity index (χ1n) is 11.4. The van der Waals surface area contributed by atoms with Crippen LogP contribution in [0.4, 0.5) is 5.69 Å². The van der Waals surface area contributed by atoms with Gasteiger partial charge in [-0.15, -0.1) is 0 Å². The molecule has 3 rings (SSSR count). The Bertz CT molecular complexity index is 665. The van der Waals surface area contributed by atoms with Gasteiger partial charge in [-0.2, -0.15) is 0 Å². The van der Waals surface area contributed by atoms with E-state index in [9.17, 15) is 10.2 Å². The summed E-state index contributed by atoms with van der Waals surface area (Å²) in [5, 5.41) is 27.7. The second-order valence-corrected chi connectivity index (χ2v) is 7.61. The van der Waals surface area contributed by atoms with E-state index < -0.39 is 6.10 Å². The second-order valence-electron chi connectivity index (χ2n) is 7.61. The highest BCUT2D eigenvalue weighted by molar-refractivity contribution is 5.67. The number of hydrogen-bond acceptors (Lipinski definition) is 6. The van der Waals surface area contributed by atoms with Crippen LogP contribution < -0.4 is 9.64 Å². The number of aliphatic hydroxyl groups excluding tert-OH is 3. The van der Waals surface area contributed by atoms with E-state index in [1.54, 1.807) is 7.11 Å². The van der Waals surface area contributed by atoms with E-state index in [1.165, 1.54) is 5.56 Å². The molecule has 5 unspecified atom stereocenters. The summed E-state index contributed by atoms with van der Waals surface area (Å²) in [6.07, 6.45) is 3.81. The van der Waals surface area contributed by atoms with E-state index in [0.717, 1.165) is 25.1 Å². The van der Waals surface area contributed by atoms with Crippen molar-refractivity contribution in [3.8, 4) is 5.75 Å². The fourth-order valence-corrected chi connectivity index (χ4v) is 4.98. The zero-order valence-corrected chi connectivity index (χ0v) is 21.3. The summed E-state index contributed by atoms with van der Waals surface area (Å²) < 4.78 is 5.40. The lowest BCUT2D eigenvalue weighted by Gasteiger charge is -2.49. The molecule has 0 spiro atoms. The molecule has 3 N–H and O–H groups in total. The van der Waals surface area contributed by atoms with Crippen LogP contribution in [0.1, 0.15) is 47.1 Å². The standard InChI is InChI=1S/C20H30N2O3.2C2H6.CH4O/c1-13(24)15-7-6-10-21(3)19(15)20(2)16-9-8-14(25-5)11-17(16)22(4)18(20)12-23;3*1-2/h6-9,11,13,15,18-19,23-24H,10,12H2,1-5H3;2*1-2H3;2H,1H3. The molecule has 0 radical (unpaired) electrons. The minimum atomic E-state index is -0.451. The van der Waals surface area contributed by atoms with Crippen molar-refractivity contribution in [2.75, 3.05) is 46.4 Å². The Balaban J connectivity index is 0.00000138. The van der Waals surface area contributed by atoms with Gasteiger partial charge in [0.25, 0.3) is 0 Å². The lowest BCUT2D eigenvalue weighted by atomic mass is 9.65. The van der Waals surface area contributed by atoms with Gasteiger partial charge in [-0.25, -0.2) is 0 Å². The van der Waals surface area contributed by atoms with E-state index in [-0.39, 0.29) is 30.0 Å². The molecule has 0 aliphatic carbocycles. The summed E-state index contributed by atoms with van der Waals surface area (Å²) in [7, 11) is 6.80. The average molecular weight is 439 g/mol. The van der Waals surface area contributed by atoms with Crippen LogP contribution in [-0.4, -0.2) is 79.9 Å². The zero-order valence-electron chi connectivity index (χ0n) is 21.3. The maximum Gasteiger partial charge on any atom is 0.120 e. The fraction of sp³-hybridized carbons (Fsp3) is 0.680. The second kappa shape index (κ2) is 13.7. The van der Waals surface area contributed by atoms with E-state index in [2.05, 4.69) is 42.0 Å². The van der Waals surface area contributed by atoms with Gasteiger partial charge in [0.15, 0.2) is 0 Å². The van der Waals surface area contributed by atoms with Gasteiger partial charge in [0.1, 0.15) is 5.75 Å². The molecule has 31 heavy (non-hydrogen) atoms. The van der Waals surface area contributed by atoms with Crippen LogP contribution in [-0.2, 0) is 5.41 Å². The Hall–Kier alpha value is -1.60. The number of rotatable bonds is 4. The van der Waals surface area contributed by atoms with Crippen molar-refractivity contribution in [1.29, 1.82) is 0 Å². The summed E-state index contributed by atoms with van der Waals surface area (Å²) in [6.45, 7) is 13.0. The third kappa shape index (κ3) is 5.61. The van der Waals surface area contributed by atoms with Crippen molar-refractivity contribution in [1.82, 2.24) is 4.90 Å². The third-order valence-corrected chi connectivity index (χ3v) is 6.26. The van der Waals surface area contributed by atoms with Crippen molar-refractivity contribution in [2.45, 2.75) is 65.1 Å². The predicted octanol–water partition coefficient (Wildman–Crippen LogP) is 3.29. The van der Waals surface area contributed by atoms with Gasteiger partial charge in [-0.05, 0) is 25.6 Å². The van der Waals surface area contributed by atoms with Crippen molar-refractivity contribution in [3.05, 3.63) is 35.9 Å². The summed E-state index contributed by atoms with van der Waals surface area (Å²) in [5.74, 6) is 0.828. The zero-order chi connectivity index (χ0) is 24.4. The molecule has 0 bridgehead atoms. The lowest BCUT2D eigenvalue weighted by molar-refractivity contribution is 0.0284. The fourth-order valence-electron chi connectivity index (χ4n) is 4.98. The highest BCUT2D eigenvalue weighted by atomic mass is 16.5. The van der Waals surface area contributed by atoms with Crippen molar-refractivity contribution in [2.24, 2.45) is 5.92 Å². The number of methoxy groups -OCH3 is 1. The number of nitrogens with zero attached hydrogens (tertiary/aromatic N) is 2. The largest absolute Gasteiger partial charge is 0.497 e. The first-order valence-corrected chi connectivity index (χ1v) is 11.4. The van der Waals surface area contributed by atoms with Gasteiger partial charge in [-0.3, -0.25) is 4.90 Å². The Morgan fingerprint density at radius 3 is 2.23 bits per heavy atom. The Morgan fingerprint density at radius 2 is 1.74 bits per heavy atom. The van der Waals surface area contributed by atoms with Crippen LogP contribution in [0.15, 0.2) is 30.4 Å². The molecular formula is C25H46N2O4. The minimum Gasteiger partial charge on any atom is -0.497 e. The van der Waals surface area contributed by atoms with Crippen LogP contribution in [0.3, 0.4) is 0 Å². The van der Waals surface area contributed by atoms with E-state index in [1.807, 2.05) is 53.8 Å². The molecule has 2 aliphatic heterocycles. The van der Waals surface area contributed by atoms with Gasteiger partial charge >= 0.3 is 0 Å². The Morgan fingerprint density at radius 1 is 1.16 bits per heavy atom. The van der Waals surface area contributed by atoms with E-state index in [4.69, 9.17) is 9.84 Å². The van der Waals surface area contributed by atoms with Crippen LogP contribution >= 0.6 is 0 Å². The van der Waals surface area contributed by atoms with Crippen LogP contribution in [0.25, 0.3) is 0 Å². The molecule has 6 nitrogen and oxygen atoms in total. The maximum atomic E-state index is 10.4. The molecule has 180 valence electrons. The topological polar surface area (TPSA) is 76.4 Å². The third-order valence-electron chi connectivity index (χ3n) is 6.26. The van der Waals surface area contributed by atoms with Gasteiger partial charge < -0.3 is 25.0 Å². The first kappa shape index (κ1) is 29.4. The highest BCUT2D eigenvalue weighted by Gasteiger charge is 2.55. The smallest absolute Gasteiger partial charge is 0.120 e. The molecular weight excluding hydrogens is 392 g/mol. The molecule has 0 saturated heterocycles. The Kier molecular flexibility index (Phi) is 13.0. The molecule has 0 saturated carbocycles. The molecule has 6 heteroatoms. The minimum absolute atomic E-state index is 0.0132. The predicted molar refractivity (Wildman–Crippen MR) is 131 cm³/mol. The summed E-state index contributed by atoms with van der Waals surface area (Å²) >= 11 is 0. The number of fused-ring (bicyclic) bond motifs is 1. The molecule has 5 atom stereocenters. The van der Waals surface area contributed by atoms with Gasteiger partial charge in [0.2, 0.25) is 0 Å². The quantitative estimate of drug-likeness (QED) is 0.627. The molecule has 0 fully saturated rings. The number of hydrogen-bond donors (Lipinski definition) is 3. The van der Waals surface area contributed by atoms with Gasteiger partial charge in [0, 0.05) is 49.8 Å². The number of aliphatic hydroxyl groups is 3. The van der Waals surface area contributed by atoms with Crippen LogP contribution in [0.2, 0.25) is 0 Å². The average Bonchev–Trinajstić information content (AvgIpc) is 3.03. The molecule has 2 aliphatic rings. The summed E-state index contributed by atoms with van der Waals surface area (Å²) in [5.41, 5.74) is 1.98. The Labute approximate surface area is 190 Å². The molecule has 0 aromatic heterocycles. The van der Waals surface area contributed by atoms with Crippen LogP contribution in [0.5, 0.6) is 5.75 Å². The normalized spacial score (nSPS) is 27.5. The first-order chi connectivity index (χ1) is 14.9. The number of benzene rings is 1. The van der Waals surface area contributed by atoms with Crippen LogP contribution in [0, 0.1) is 5.92 Å². The van der Waals surface area contributed by atoms with Crippen molar-refractivity contribution >= 4 is 5.69 Å².